The summed E-state index contributed by atoms with van der Waals surface area (Å²) in [5.41, 5.74) is 0. The molecule has 2 amide bonds. The standard InChI is InChI=1S/C12H22N2O3/c1-4-8(3)10(11(15)16)13-12(17)14(5-2)9-6-7-9/h8-10H,4-7H2,1-3H3,(H,13,17)(H,15,16). The van der Waals surface area contributed by atoms with Crippen LogP contribution in [0.2, 0.25) is 0 Å². The lowest BCUT2D eigenvalue weighted by Crippen LogP contribution is -2.51. The van der Waals surface area contributed by atoms with Gasteiger partial charge in [-0.1, -0.05) is 20.3 Å². The van der Waals surface area contributed by atoms with E-state index in [2.05, 4.69) is 5.32 Å². The maximum absolute atomic E-state index is 11.9. The van der Waals surface area contributed by atoms with E-state index < -0.39 is 12.0 Å². The van der Waals surface area contributed by atoms with Crippen LogP contribution in [0, 0.1) is 5.92 Å². The van der Waals surface area contributed by atoms with E-state index in [4.69, 9.17) is 5.11 Å². The van der Waals surface area contributed by atoms with E-state index in [1.54, 1.807) is 4.90 Å². The van der Waals surface area contributed by atoms with Crippen LogP contribution in [0.15, 0.2) is 0 Å². The number of nitrogens with one attached hydrogen (secondary N) is 1. The second kappa shape index (κ2) is 5.89. The van der Waals surface area contributed by atoms with Gasteiger partial charge in [0.1, 0.15) is 6.04 Å². The van der Waals surface area contributed by atoms with Crippen molar-refractivity contribution in [3.63, 3.8) is 0 Å². The van der Waals surface area contributed by atoms with Crippen LogP contribution >= 0.6 is 0 Å². The molecule has 0 radical (unpaired) electrons. The summed E-state index contributed by atoms with van der Waals surface area (Å²) in [6.45, 7) is 6.30. The van der Waals surface area contributed by atoms with E-state index in [0.717, 1.165) is 19.3 Å². The van der Waals surface area contributed by atoms with Gasteiger partial charge in [0.2, 0.25) is 0 Å². The highest BCUT2D eigenvalue weighted by molar-refractivity contribution is 5.83. The molecule has 5 heteroatoms. The molecule has 0 saturated heterocycles. The predicted octanol–water partition coefficient (Wildman–Crippen LogP) is 1.68. The lowest BCUT2D eigenvalue weighted by molar-refractivity contribution is -0.140. The molecule has 1 rings (SSSR count). The van der Waals surface area contributed by atoms with Crippen molar-refractivity contribution in [2.24, 2.45) is 5.92 Å². The van der Waals surface area contributed by atoms with Gasteiger partial charge >= 0.3 is 12.0 Å². The monoisotopic (exact) mass is 242 g/mol. The van der Waals surface area contributed by atoms with Crippen LogP contribution < -0.4 is 5.32 Å². The molecule has 0 spiro atoms. The summed E-state index contributed by atoms with van der Waals surface area (Å²) in [4.78, 5) is 24.8. The summed E-state index contributed by atoms with van der Waals surface area (Å²) in [6.07, 6.45) is 2.79. The molecule has 17 heavy (non-hydrogen) atoms. The Morgan fingerprint density at radius 2 is 2.00 bits per heavy atom. The number of hydrogen-bond donors (Lipinski definition) is 2. The molecule has 1 saturated carbocycles. The maximum Gasteiger partial charge on any atom is 0.326 e. The van der Waals surface area contributed by atoms with Gasteiger partial charge in [-0.05, 0) is 25.7 Å². The van der Waals surface area contributed by atoms with Crippen molar-refractivity contribution in [3.05, 3.63) is 0 Å². The molecule has 0 aromatic carbocycles. The SMILES string of the molecule is CCC(C)C(NC(=O)N(CC)C1CC1)C(=O)O. The number of carbonyl (C=O) groups excluding carboxylic acids is 1. The third kappa shape index (κ3) is 3.61. The average molecular weight is 242 g/mol. The molecule has 1 aliphatic carbocycles. The summed E-state index contributed by atoms with van der Waals surface area (Å²) in [5, 5.41) is 11.7. The highest BCUT2D eigenvalue weighted by Gasteiger charge is 2.34. The van der Waals surface area contributed by atoms with Crippen LogP contribution in [-0.2, 0) is 4.79 Å². The third-order valence-electron chi connectivity index (χ3n) is 3.35. The number of aliphatic carboxylic acids is 1. The predicted molar refractivity (Wildman–Crippen MR) is 64.8 cm³/mol. The highest BCUT2D eigenvalue weighted by atomic mass is 16.4. The van der Waals surface area contributed by atoms with E-state index in [-0.39, 0.29) is 11.9 Å². The van der Waals surface area contributed by atoms with Crippen molar-refractivity contribution in [2.75, 3.05) is 6.54 Å². The van der Waals surface area contributed by atoms with Gasteiger partial charge in [0.05, 0.1) is 0 Å². The third-order valence-corrected chi connectivity index (χ3v) is 3.35. The van der Waals surface area contributed by atoms with E-state index in [0.29, 0.717) is 12.6 Å². The molecule has 1 aliphatic rings. The molecule has 2 N–H and O–H groups in total. The minimum absolute atomic E-state index is 0.0608. The van der Waals surface area contributed by atoms with Gasteiger partial charge in [0, 0.05) is 12.6 Å². The fraction of sp³-hybridized carbons (Fsp3) is 0.833. The second-order valence-corrected chi connectivity index (χ2v) is 4.67. The second-order valence-electron chi connectivity index (χ2n) is 4.67. The number of urea groups is 1. The van der Waals surface area contributed by atoms with Crippen molar-refractivity contribution in [2.45, 2.75) is 52.1 Å². The van der Waals surface area contributed by atoms with Gasteiger partial charge in [-0.2, -0.15) is 0 Å². The first kappa shape index (κ1) is 13.8. The fourth-order valence-corrected chi connectivity index (χ4v) is 1.85. The molecule has 2 unspecified atom stereocenters. The quantitative estimate of drug-likeness (QED) is 0.744. The van der Waals surface area contributed by atoms with Gasteiger partial charge in [0.25, 0.3) is 0 Å². The molecule has 0 bridgehead atoms. The lowest BCUT2D eigenvalue weighted by atomic mass is 9.99. The summed E-state index contributed by atoms with van der Waals surface area (Å²) in [7, 11) is 0. The van der Waals surface area contributed by atoms with Gasteiger partial charge in [0.15, 0.2) is 0 Å². The Morgan fingerprint density at radius 1 is 1.41 bits per heavy atom. The summed E-state index contributed by atoms with van der Waals surface area (Å²) in [5.74, 6) is -1.02. The van der Waals surface area contributed by atoms with Crippen molar-refractivity contribution in [1.29, 1.82) is 0 Å². The Kier molecular flexibility index (Phi) is 4.78. The first-order valence-corrected chi connectivity index (χ1v) is 6.31. The molecule has 5 nitrogen and oxygen atoms in total. The van der Waals surface area contributed by atoms with Crippen LogP contribution in [0.5, 0.6) is 0 Å². The summed E-state index contributed by atoms with van der Waals surface area (Å²) < 4.78 is 0. The number of nitrogens with zero attached hydrogens (tertiary/aromatic N) is 1. The van der Waals surface area contributed by atoms with E-state index in [1.807, 2.05) is 20.8 Å². The Labute approximate surface area is 102 Å². The molecule has 98 valence electrons. The Hall–Kier alpha value is -1.26. The number of carboxylic acids is 1. The number of amides is 2. The molecule has 0 aliphatic heterocycles. The summed E-state index contributed by atoms with van der Waals surface area (Å²) in [6, 6.07) is -0.727. The van der Waals surface area contributed by atoms with Gasteiger partial charge < -0.3 is 15.3 Å². The van der Waals surface area contributed by atoms with Crippen molar-refractivity contribution in [1.82, 2.24) is 10.2 Å². The lowest BCUT2D eigenvalue weighted by Gasteiger charge is -2.26. The van der Waals surface area contributed by atoms with Gasteiger partial charge in [-0.15, -0.1) is 0 Å². The van der Waals surface area contributed by atoms with Crippen LogP contribution in [-0.4, -0.2) is 40.6 Å². The molecule has 0 aromatic heterocycles. The molecular formula is C12H22N2O3. The zero-order valence-corrected chi connectivity index (χ0v) is 10.8. The zero-order chi connectivity index (χ0) is 13.0. The van der Waals surface area contributed by atoms with Crippen LogP contribution in [0.3, 0.4) is 0 Å². The smallest absolute Gasteiger partial charge is 0.326 e. The Morgan fingerprint density at radius 3 is 2.35 bits per heavy atom. The van der Waals surface area contributed by atoms with E-state index in [1.165, 1.54) is 0 Å². The Balaban J connectivity index is 2.59. The van der Waals surface area contributed by atoms with Crippen molar-refractivity contribution in [3.8, 4) is 0 Å². The number of hydrogen-bond acceptors (Lipinski definition) is 2. The molecular weight excluding hydrogens is 220 g/mol. The van der Waals surface area contributed by atoms with Crippen molar-refractivity contribution >= 4 is 12.0 Å². The normalized spacial score (nSPS) is 18.3. The highest BCUT2D eigenvalue weighted by Crippen LogP contribution is 2.26. The van der Waals surface area contributed by atoms with Crippen molar-refractivity contribution < 1.29 is 14.7 Å². The number of carboxylic acid groups (broad SMARTS) is 1. The number of rotatable bonds is 6. The average Bonchev–Trinajstić information content (AvgIpc) is 3.09. The van der Waals surface area contributed by atoms with Crippen LogP contribution in [0.4, 0.5) is 4.79 Å². The van der Waals surface area contributed by atoms with Crippen LogP contribution in [0.25, 0.3) is 0 Å². The van der Waals surface area contributed by atoms with Gasteiger partial charge in [-0.25, -0.2) is 9.59 Å². The Bertz CT molecular complexity index is 289. The first-order chi connectivity index (χ1) is 8.01. The minimum Gasteiger partial charge on any atom is -0.480 e. The minimum atomic E-state index is -0.959. The fourth-order valence-electron chi connectivity index (χ4n) is 1.85. The number of carbonyl (C=O) groups is 2. The topological polar surface area (TPSA) is 69.6 Å². The first-order valence-electron chi connectivity index (χ1n) is 6.31. The maximum atomic E-state index is 11.9. The van der Waals surface area contributed by atoms with Crippen LogP contribution in [0.1, 0.15) is 40.0 Å². The van der Waals surface area contributed by atoms with E-state index in [9.17, 15) is 9.59 Å². The van der Waals surface area contributed by atoms with E-state index >= 15 is 0 Å². The zero-order valence-electron chi connectivity index (χ0n) is 10.8. The molecule has 0 aromatic rings. The summed E-state index contributed by atoms with van der Waals surface area (Å²) >= 11 is 0. The largest absolute Gasteiger partial charge is 0.480 e. The van der Waals surface area contributed by atoms with Gasteiger partial charge in [-0.3, -0.25) is 0 Å². The molecule has 0 heterocycles. The molecule has 2 atom stereocenters. The molecule has 1 fully saturated rings.